The fourth-order valence-corrected chi connectivity index (χ4v) is 1.43. The highest BCUT2D eigenvalue weighted by Gasteiger charge is 2.13. The summed E-state index contributed by atoms with van der Waals surface area (Å²) in [7, 11) is 1.58. The van der Waals surface area contributed by atoms with Crippen LogP contribution in [0.4, 0.5) is 4.79 Å². The van der Waals surface area contributed by atoms with Gasteiger partial charge in [0.1, 0.15) is 12.3 Å². The number of aliphatic carboxylic acids is 1. The Morgan fingerprint density at radius 2 is 2.00 bits per heavy atom. The molecule has 0 saturated heterocycles. The molecule has 1 aromatic heterocycles. The van der Waals surface area contributed by atoms with E-state index in [4.69, 9.17) is 9.52 Å². The topological polar surface area (TPSA) is 112 Å². The van der Waals surface area contributed by atoms with Crippen LogP contribution >= 0.6 is 0 Å². The normalized spacial score (nSPS) is 9.90. The SMILES string of the molecule is Cc1occc1CN(C)C(=O)NCC(=O)NCC(=O)O. The molecule has 0 aliphatic carbocycles. The summed E-state index contributed by atoms with van der Waals surface area (Å²) in [5, 5.41) is 12.9. The van der Waals surface area contributed by atoms with Crippen molar-refractivity contribution in [2.24, 2.45) is 0 Å². The summed E-state index contributed by atoms with van der Waals surface area (Å²) in [5.74, 6) is -0.977. The van der Waals surface area contributed by atoms with Crippen LogP contribution in [0.2, 0.25) is 0 Å². The molecular weight excluding hydrogens is 266 g/mol. The number of furan rings is 1. The molecule has 0 fully saturated rings. The van der Waals surface area contributed by atoms with Crippen molar-refractivity contribution in [3.63, 3.8) is 0 Å². The minimum atomic E-state index is -1.14. The number of carbonyl (C=O) groups is 3. The monoisotopic (exact) mass is 283 g/mol. The van der Waals surface area contributed by atoms with E-state index in [-0.39, 0.29) is 6.54 Å². The standard InChI is InChI=1S/C12H17N3O5/c1-8-9(3-4-20-8)7-15(2)12(19)14-5-10(16)13-6-11(17)18/h3-4H,5-7H2,1-2H3,(H,13,16)(H,14,19)(H,17,18). The zero-order chi connectivity index (χ0) is 15.1. The Labute approximate surface area is 115 Å². The third-order valence-corrected chi connectivity index (χ3v) is 2.56. The van der Waals surface area contributed by atoms with Crippen molar-refractivity contribution < 1.29 is 23.9 Å². The number of carbonyl (C=O) groups excluding carboxylic acids is 2. The molecule has 0 unspecified atom stereocenters. The summed E-state index contributed by atoms with van der Waals surface area (Å²) in [6.45, 7) is 1.39. The van der Waals surface area contributed by atoms with Crippen molar-refractivity contribution in [2.75, 3.05) is 20.1 Å². The Balaban J connectivity index is 2.33. The first-order chi connectivity index (χ1) is 9.40. The van der Waals surface area contributed by atoms with Gasteiger partial charge in [-0.1, -0.05) is 0 Å². The number of hydrogen-bond donors (Lipinski definition) is 3. The van der Waals surface area contributed by atoms with Crippen LogP contribution in [0.15, 0.2) is 16.7 Å². The van der Waals surface area contributed by atoms with E-state index in [1.807, 2.05) is 0 Å². The maximum atomic E-state index is 11.7. The second kappa shape index (κ2) is 7.17. The van der Waals surface area contributed by atoms with E-state index in [1.54, 1.807) is 20.0 Å². The molecule has 0 aliphatic heterocycles. The maximum Gasteiger partial charge on any atom is 0.322 e. The molecule has 0 atom stereocenters. The predicted octanol–water partition coefficient (Wildman–Crippen LogP) is -0.0698. The molecule has 0 radical (unpaired) electrons. The lowest BCUT2D eigenvalue weighted by Crippen LogP contribution is -2.43. The van der Waals surface area contributed by atoms with Gasteiger partial charge in [0.15, 0.2) is 0 Å². The van der Waals surface area contributed by atoms with E-state index in [0.29, 0.717) is 6.54 Å². The molecule has 1 aromatic rings. The predicted molar refractivity (Wildman–Crippen MR) is 69.0 cm³/mol. The van der Waals surface area contributed by atoms with Gasteiger partial charge in [0.05, 0.1) is 19.4 Å². The molecule has 1 rings (SSSR count). The Morgan fingerprint density at radius 1 is 1.30 bits per heavy atom. The number of carboxylic acids is 1. The first-order valence-electron chi connectivity index (χ1n) is 5.90. The number of carboxylic acid groups (broad SMARTS) is 1. The summed E-state index contributed by atoms with van der Waals surface area (Å²) in [5.41, 5.74) is 0.873. The average molecular weight is 283 g/mol. The number of nitrogens with one attached hydrogen (secondary N) is 2. The summed E-state index contributed by atoms with van der Waals surface area (Å²) < 4.78 is 5.12. The highest BCUT2D eigenvalue weighted by molar-refractivity contribution is 5.86. The number of hydrogen-bond acceptors (Lipinski definition) is 4. The Bertz CT molecular complexity index is 497. The zero-order valence-electron chi connectivity index (χ0n) is 11.3. The largest absolute Gasteiger partial charge is 0.480 e. The molecule has 0 saturated carbocycles. The molecule has 0 spiro atoms. The minimum absolute atomic E-state index is 0.277. The molecule has 8 nitrogen and oxygen atoms in total. The lowest BCUT2D eigenvalue weighted by atomic mass is 10.2. The molecule has 110 valence electrons. The Morgan fingerprint density at radius 3 is 2.55 bits per heavy atom. The molecule has 0 aliphatic rings. The van der Waals surface area contributed by atoms with E-state index in [0.717, 1.165) is 11.3 Å². The van der Waals surface area contributed by atoms with E-state index in [9.17, 15) is 14.4 Å². The number of amides is 3. The highest BCUT2D eigenvalue weighted by Crippen LogP contribution is 2.10. The van der Waals surface area contributed by atoms with Gasteiger partial charge in [-0.3, -0.25) is 9.59 Å². The average Bonchev–Trinajstić information content (AvgIpc) is 2.79. The lowest BCUT2D eigenvalue weighted by Gasteiger charge is -2.17. The third kappa shape index (κ3) is 5.01. The zero-order valence-corrected chi connectivity index (χ0v) is 11.3. The van der Waals surface area contributed by atoms with Crippen molar-refractivity contribution >= 4 is 17.9 Å². The number of nitrogens with zero attached hydrogens (tertiary/aromatic N) is 1. The quantitative estimate of drug-likeness (QED) is 0.676. The molecule has 20 heavy (non-hydrogen) atoms. The molecule has 3 amide bonds. The van der Waals surface area contributed by atoms with Gasteiger partial charge in [0, 0.05) is 12.6 Å². The van der Waals surface area contributed by atoms with Crippen LogP contribution in [0.5, 0.6) is 0 Å². The molecule has 1 heterocycles. The molecule has 8 heteroatoms. The molecule has 0 bridgehead atoms. The van der Waals surface area contributed by atoms with Gasteiger partial charge in [-0.25, -0.2) is 4.79 Å². The number of urea groups is 1. The van der Waals surface area contributed by atoms with Gasteiger partial charge in [0.2, 0.25) is 5.91 Å². The third-order valence-electron chi connectivity index (χ3n) is 2.56. The maximum absolute atomic E-state index is 11.7. The van der Waals surface area contributed by atoms with Gasteiger partial charge in [0.25, 0.3) is 0 Å². The van der Waals surface area contributed by atoms with Crippen LogP contribution in [-0.4, -0.2) is 48.1 Å². The highest BCUT2D eigenvalue weighted by atomic mass is 16.4. The fraction of sp³-hybridized carbons (Fsp3) is 0.417. The van der Waals surface area contributed by atoms with Crippen LogP contribution in [0.1, 0.15) is 11.3 Å². The van der Waals surface area contributed by atoms with Crippen LogP contribution < -0.4 is 10.6 Å². The minimum Gasteiger partial charge on any atom is -0.480 e. The van der Waals surface area contributed by atoms with Crippen molar-refractivity contribution in [3.8, 4) is 0 Å². The van der Waals surface area contributed by atoms with Gasteiger partial charge in [-0.05, 0) is 13.0 Å². The Hall–Kier alpha value is -2.51. The smallest absolute Gasteiger partial charge is 0.322 e. The number of rotatable bonds is 6. The van der Waals surface area contributed by atoms with E-state index in [2.05, 4.69) is 10.6 Å². The summed E-state index contributed by atoms with van der Waals surface area (Å²) >= 11 is 0. The van der Waals surface area contributed by atoms with Gasteiger partial charge in [-0.2, -0.15) is 0 Å². The van der Waals surface area contributed by atoms with Gasteiger partial charge < -0.3 is 25.1 Å². The van der Waals surface area contributed by atoms with E-state index in [1.165, 1.54) is 11.2 Å². The Kier molecular flexibility index (Phi) is 5.57. The summed E-state index contributed by atoms with van der Waals surface area (Å²) in [6.07, 6.45) is 1.54. The second-order valence-electron chi connectivity index (χ2n) is 4.19. The van der Waals surface area contributed by atoms with Crippen LogP contribution in [0.25, 0.3) is 0 Å². The molecular formula is C12H17N3O5. The van der Waals surface area contributed by atoms with Gasteiger partial charge >= 0.3 is 12.0 Å². The second-order valence-corrected chi connectivity index (χ2v) is 4.19. The lowest BCUT2D eigenvalue weighted by molar-refractivity contribution is -0.137. The van der Waals surface area contributed by atoms with Gasteiger partial charge in [-0.15, -0.1) is 0 Å². The van der Waals surface area contributed by atoms with Crippen molar-refractivity contribution in [1.29, 1.82) is 0 Å². The van der Waals surface area contributed by atoms with E-state index >= 15 is 0 Å². The summed E-state index contributed by atoms with van der Waals surface area (Å²) in [6, 6.07) is 1.33. The fourth-order valence-electron chi connectivity index (χ4n) is 1.43. The molecule has 0 aromatic carbocycles. The van der Waals surface area contributed by atoms with Crippen molar-refractivity contribution in [2.45, 2.75) is 13.5 Å². The first kappa shape index (κ1) is 15.5. The molecule has 3 N–H and O–H groups in total. The van der Waals surface area contributed by atoms with Crippen LogP contribution in [0.3, 0.4) is 0 Å². The first-order valence-corrected chi connectivity index (χ1v) is 5.90. The number of aryl methyl sites for hydroxylation is 1. The van der Waals surface area contributed by atoms with Crippen molar-refractivity contribution in [3.05, 3.63) is 23.7 Å². The summed E-state index contributed by atoms with van der Waals surface area (Å²) in [4.78, 5) is 34.6. The van der Waals surface area contributed by atoms with Crippen LogP contribution in [0, 0.1) is 6.92 Å². The van der Waals surface area contributed by atoms with E-state index < -0.39 is 24.5 Å². The van der Waals surface area contributed by atoms with Crippen molar-refractivity contribution in [1.82, 2.24) is 15.5 Å². The van der Waals surface area contributed by atoms with Crippen LogP contribution in [-0.2, 0) is 16.1 Å².